The van der Waals surface area contributed by atoms with Gasteiger partial charge in [0.2, 0.25) is 12.1 Å². The fourth-order valence-electron chi connectivity index (χ4n) is 4.91. The average Bonchev–Trinajstić information content (AvgIpc) is 3.52. The van der Waals surface area contributed by atoms with Crippen molar-refractivity contribution < 1.29 is 18.4 Å². The van der Waals surface area contributed by atoms with Crippen molar-refractivity contribution in [3.8, 4) is 0 Å². The molecule has 1 aliphatic heterocycles. The molecule has 212 valence electrons. The van der Waals surface area contributed by atoms with Crippen molar-refractivity contribution in [2.75, 3.05) is 11.9 Å². The molecule has 9 nitrogen and oxygen atoms in total. The maximum atomic E-state index is 12.7. The summed E-state index contributed by atoms with van der Waals surface area (Å²) < 4.78 is 22.0. The SMILES string of the molecule is CC[Si](CC)(CC)OCC1=C[C@@H](O[Si](CC)(CC)CC)[C@H](n2cnc3c(NC(=O)C(C)(C)C)ncnc32)O1. The molecule has 0 aromatic carbocycles. The molecule has 0 aliphatic carbocycles. The van der Waals surface area contributed by atoms with E-state index in [2.05, 4.69) is 67.9 Å². The number of ether oxygens (including phenoxy) is 1. The van der Waals surface area contributed by atoms with Gasteiger partial charge in [-0.2, -0.15) is 0 Å². The molecule has 0 radical (unpaired) electrons. The van der Waals surface area contributed by atoms with Gasteiger partial charge in [0.15, 0.2) is 33.6 Å². The molecule has 1 aliphatic rings. The summed E-state index contributed by atoms with van der Waals surface area (Å²) in [5.74, 6) is 1.06. The molecule has 3 rings (SSSR count). The summed E-state index contributed by atoms with van der Waals surface area (Å²) >= 11 is 0. The van der Waals surface area contributed by atoms with Crippen molar-refractivity contribution in [1.82, 2.24) is 19.5 Å². The molecule has 0 saturated carbocycles. The molecule has 1 amide bonds. The number of hydrogen-bond acceptors (Lipinski definition) is 7. The van der Waals surface area contributed by atoms with Crippen LogP contribution in [0.15, 0.2) is 24.5 Å². The summed E-state index contributed by atoms with van der Waals surface area (Å²) in [6.45, 7) is 19.4. The van der Waals surface area contributed by atoms with E-state index in [-0.39, 0.29) is 12.0 Å². The molecule has 0 spiro atoms. The second kappa shape index (κ2) is 12.4. The van der Waals surface area contributed by atoms with Crippen molar-refractivity contribution in [2.45, 2.75) is 111 Å². The summed E-state index contributed by atoms with van der Waals surface area (Å²) in [6.07, 6.45) is 4.52. The summed E-state index contributed by atoms with van der Waals surface area (Å²) in [6, 6.07) is 6.36. The van der Waals surface area contributed by atoms with E-state index in [1.165, 1.54) is 6.33 Å². The van der Waals surface area contributed by atoms with Crippen LogP contribution in [0.3, 0.4) is 0 Å². The first-order chi connectivity index (χ1) is 18.0. The van der Waals surface area contributed by atoms with Crippen LogP contribution in [0.4, 0.5) is 5.82 Å². The summed E-state index contributed by atoms with van der Waals surface area (Å²) in [7, 11) is -3.73. The number of imidazole rings is 1. The topological polar surface area (TPSA) is 100 Å². The molecule has 38 heavy (non-hydrogen) atoms. The number of hydrogen-bond donors (Lipinski definition) is 1. The molecule has 1 N–H and O–H groups in total. The van der Waals surface area contributed by atoms with Crippen LogP contribution in [0.2, 0.25) is 36.3 Å². The van der Waals surface area contributed by atoms with E-state index >= 15 is 0 Å². The Balaban J connectivity index is 1.96. The second-order valence-electron chi connectivity index (χ2n) is 11.3. The van der Waals surface area contributed by atoms with Gasteiger partial charge in [0.05, 0.1) is 6.61 Å². The lowest BCUT2D eigenvalue weighted by Crippen LogP contribution is -2.41. The number of anilines is 1. The standard InChI is InChI=1S/C27H47N5O4Si2/c1-10-37(11-2,12-3)34-17-20-16-21(36-38(13-4,14-5)15-6)25(35-20)32-19-30-22-23(28-18-29-24(22)32)31-26(33)27(7,8)9/h16,18-19,21,25H,10-15,17H2,1-9H3,(H,28,29,31,33)/t21-,25-/m1/s1. The Labute approximate surface area is 230 Å². The molecule has 0 fully saturated rings. The van der Waals surface area contributed by atoms with Gasteiger partial charge in [0, 0.05) is 5.41 Å². The Kier molecular flexibility index (Phi) is 9.94. The number of carbonyl (C=O) groups excluding carboxylic acids is 1. The number of nitrogens with one attached hydrogen (secondary N) is 1. The number of amides is 1. The van der Waals surface area contributed by atoms with Crippen LogP contribution < -0.4 is 5.32 Å². The molecular formula is C27H47N5O4Si2. The van der Waals surface area contributed by atoms with Gasteiger partial charge in [-0.05, 0) is 42.3 Å². The van der Waals surface area contributed by atoms with E-state index in [1.54, 1.807) is 6.33 Å². The lowest BCUT2D eigenvalue weighted by Gasteiger charge is -2.33. The van der Waals surface area contributed by atoms with Crippen LogP contribution in [0.5, 0.6) is 0 Å². The van der Waals surface area contributed by atoms with E-state index < -0.39 is 28.3 Å². The average molecular weight is 562 g/mol. The highest BCUT2D eigenvalue weighted by molar-refractivity contribution is 6.74. The molecular weight excluding hydrogens is 515 g/mol. The Hall–Kier alpha value is -2.09. The van der Waals surface area contributed by atoms with Crippen molar-refractivity contribution in [1.29, 1.82) is 0 Å². The van der Waals surface area contributed by atoms with Gasteiger partial charge in [-0.1, -0.05) is 62.3 Å². The molecule has 2 aromatic heterocycles. The van der Waals surface area contributed by atoms with Gasteiger partial charge in [-0.15, -0.1) is 0 Å². The molecule has 3 heterocycles. The van der Waals surface area contributed by atoms with Crippen molar-refractivity contribution in [3.63, 3.8) is 0 Å². The Morgan fingerprint density at radius 2 is 1.58 bits per heavy atom. The highest BCUT2D eigenvalue weighted by Crippen LogP contribution is 2.37. The second-order valence-corrected chi connectivity index (χ2v) is 20.7. The van der Waals surface area contributed by atoms with Crippen LogP contribution in [-0.2, 0) is 18.4 Å². The molecule has 2 atom stereocenters. The third-order valence-corrected chi connectivity index (χ3v) is 17.5. The third-order valence-electron chi connectivity index (χ3n) is 8.22. The fraction of sp³-hybridized carbons (Fsp3) is 0.704. The molecule has 11 heteroatoms. The molecule has 0 saturated heterocycles. The number of aromatic nitrogens is 4. The number of fused-ring (bicyclic) bond motifs is 1. The van der Waals surface area contributed by atoms with Crippen LogP contribution in [0, 0.1) is 5.41 Å². The molecule has 0 unspecified atom stereocenters. The van der Waals surface area contributed by atoms with E-state index in [4.69, 9.17) is 13.6 Å². The summed E-state index contributed by atoms with van der Waals surface area (Å²) in [5.41, 5.74) is 0.556. The lowest BCUT2D eigenvalue weighted by atomic mass is 9.96. The monoisotopic (exact) mass is 561 g/mol. The van der Waals surface area contributed by atoms with Gasteiger partial charge in [-0.25, -0.2) is 15.0 Å². The van der Waals surface area contributed by atoms with Crippen molar-refractivity contribution >= 4 is 39.5 Å². The minimum atomic E-state index is -1.95. The van der Waals surface area contributed by atoms with Crippen LogP contribution in [-0.4, -0.2) is 54.8 Å². The zero-order chi connectivity index (χ0) is 28.1. The number of nitrogens with zero attached hydrogens (tertiary/aromatic N) is 4. The fourth-order valence-corrected chi connectivity index (χ4v) is 10.2. The zero-order valence-electron chi connectivity index (χ0n) is 24.8. The van der Waals surface area contributed by atoms with Gasteiger partial charge in [0.1, 0.15) is 24.5 Å². The van der Waals surface area contributed by atoms with E-state index in [0.29, 0.717) is 23.6 Å². The minimum absolute atomic E-state index is 0.133. The van der Waals surface area contributed by atoms with Gasteiger partial charge < -0.3 is 18.9 Å². The summed E-state index contributed by atoms with van der Waals surface area (Å²) in [4.78, 5) is 26.1. The minimum Gasteiger partial charge on any atom is -0.469 e. The Morgan fingerprint density at radius 3 is 2.13 bits per heavy atom. The van der Waals surface area contributed by atoms with Crippen LogP contribution in [0.25, 0.3) is 11.2 Å². The van der Waals surface area contributed by atoms with Crippen molar-refractivity contribution in [3.05, 3.63) is 24.5 Å². The summed E-state index contributed by atoms with van der Waals surface area (Å²) in [5, 5.41) is 2.91. The third kappa shape index (κ3) is 6.38. The smallest absolute Gasteiger partial charge is 0.230 e. The van der Waals surface area contributed by atoms with E-state index in [9.17, 15) is 4.79 Å². The normalized spacial score (nSPS) is 18.5. The van der Waals surface area contributed by atoms with E-state index in [1.807, 2.05) is 25.3 Å². The molecule has 2 aromatic rings. The van der Waals surface area contributed by atoms with Gasteiger partial charge in [-0.3, -0.25) is 9.36 Å². The highest BCUT2D eigenvalue weighted by atomic mass is 28.4. The highest BCUT2D eigenvalue weighted by Gasteiger charge is 2.41. The van der Waals surface area contributed by atoms with Crippen molar-refractivity contribution in [2.24, 2.45) is 5.41 Å². The van der Waals surface area contributed by atoms with Gasteiger partial charge in [0.25, 0.3) is 0 Å². The quantitative estimate of drug-likeness (QED) is 0.274. The maximum Gasteiger partial charge on any atom is 0.230 e. The van der Waals surface area contributed by atoms with E-state index in [0.717, 1.165) is 42.0 Å². The Morgan fingerprint density at radius 1 is 0.974 bits per heavy atom. The first-order valence-electron chi connectivity index (χ1n) is 14.2. The van der Waals surface area contributed by atoms with Gasteiger partial charge >= 0.3 is 0 Å². The predicted molar refractivity (Wildman–Crippen MR) is 157 cm³/mol. The maximum absolute atomic E-state index is 12.7. The number of carbonyl (C=O) groups is 1. The van der Waals surface area contributed by atoms with Crippen LogP contribution in [0.1, 0.15) is 68.5 Å². The molecule has 0 bridgehead atoms. The largest absolute Gasteiger partial charge is 0.469 e. The number of rotatable bonds is 13. The lowest BCUT2D eigenvalue weighted by molar-refractivity contribution is -0.123. The first-order valence-corrected chi connectivity index (χ1v) is 19.2. The Bertz CT molecular complexity index is 1110. The van der Waals surface area contributed by atoms with Crippen LogP contribution >= 0.6 is 0 Å². The first kappa shape index (κ1) is 30.5. The predicted octanol–water partition coefficient (Wildman–Crippen LogP) is 6.64. The zero-order valence-corrected chi connectivity index (χ0v) is 26.8.